The number of hydrogen-bond donors (Lipinski definition) is 1. The molecule has 0 amide bonds. The van der Waals surface area contributed by atoms with E-state index in [4.69, 9.17) is 9.47 Å². The number of quaternary nitrogens is 1. The molecule has 1 aliphatic rings. The molecule has 5 heteroatoms. The van der Waals surface area contributed by atoms with Gasteiger partial charge >= 0.3 is 5.97 Å². The van der Waals surface area contributed by atoms with E-state index >= 15 is 0 Å². The second-order valence-corrected chi connectivity index (χ2v) is 4.92. The van der Waals surface area contributed by atoms with Crippen molar-refractivity contribution in [3.63, 3.8) is 0 Å². The number of carbonyl (C=O) groups is 1. The van der Waals surface area contributed by atoms with Gasteiger partial charge in [-0.1, -0.05) is 6.07 Å². The minimum absolute atomic E-state index is 0.0997. The van der Waals surface area contributed by atoms with E-state index in [9.17, 15) is 4.79 Å². The van der Waals surface area contributed by atoms with Crippen molar-refractivity contribution in [3.05, 3.63) is 24.3 Å². The summed E-state index contributed by atoms with van der Waals surface area (Å²) in [6, 6.07) is 8.10. The summed E-state index contributed by atoms with van der Waals surface area (Å²) < 4.78 is 10.2. The second-order valence-electron chi connectivity index (χ2n) is 4.92. The van der Waals surface area contributed by atoms with Crippen LogP contribution in [0, 0.1) is 0 Å². The van der Waals surface area contributed by atoms with Gasteiger partial charge in [-0.15, -0.1) is 0 Å². The monoisotopic (exact) mass is 279 g/mol. The van der Waals surface area contributed by atoms with Crippen molar-refractivity contribution in [1.29, 1.82) is 0 Å². The molecule has 5 nitrogen and oxygen atoms in total. The average molecular weight is 279 g/mol. The smallest absolute Gasteiger partial charge is 0.361 e. The van der Waals surface area contributed by atoms with Crippen LogP contribution in [0.2, 0.25) is 0 Å². The zero-order valence-electron chi connectivity index (χ0n) is 12.2. The van der Waals surface area contributed by atoms with Gasteiger partial charge in [0.05, 0.1) is 39.9 Å². The fourth-order valence-corrected chi connectivity index (χ4v) is 2.48. The highest BCUT2D eigenvalue weighted by Gasteiger charge is 2.22. The first-order chi connectivity index (χ1) is 9.72. The molecule has 1 heterocycles. The Labute approximate surface area is 120 Å². The Morgan fingerprint density at radius 3 is 2.75 bits per heavy atom. The number of nitrogens with one attached hydrogen (secondary N) is 1. The first-order valence-corrected chi connectivity index (χ1v) is 7.11. The highest BCUT2D eigenvalue weighted by molar-refractivity contribution is 5.70. The molecule has 0 atom stereocenters. The fourth-order valence-electron chi connectivity index (χ4n) is 2.48. The van der Waals surface area contributed by atoms with Crippen LogP contribution in [-0.4, -0.2) is 52.4 Å². The molecule has 1 fully saturated rings. The van der Waals surface area contributed by atoms with Gasteiger partial charge in [0.25, 0.3) is 0 Å². The number of piperazine rings is 1. The molecule has 0 spiro atoms. The molecule has 2 rings (SSSR count). The number of benzene rings is 1. The van der Waals surface area contributed by atoms with Crippen LogP contribution in [0.1, 0.15) is 6.92 Å². The Kier molecular flexibility index (Phi) is 5.24. The van der Waals surface area contributed by atoms with E-state index in [1.807, 2.05) is 19.1 Å². The molecule has 1 aromatic carbocycles. The van der Waals surface area contributed by atoms with Crippen LogP contribution in [-0.2, 0) is 9.53 Å². The van der Waals surface area contributed by atoms with Gasteiger partial charge in [-0.2, -0.15) is 0 Å². The second kappa shape index (κ2) is 7.14. The predicted molar refractivity (Wildman–Crippen MR) is 77.4 cm³/mol. The standard InChI is InChI=1S/C15H22N2O3/c1-3-20-15(18)12-16-7-9-17(10-8-16)13-5-4-6-14(11-13)19-2/h4-6,11H,3,7-10,12H2,1-2H3/p+1. The van der Waals surface area contributed by atoms with E-state index in [0.717, 1.165) is 31.9 Å². The lowest BCUT2D eigenvalue weighted by molar-refractivity contribution is -0.893. The van der Waals surface area contributed by atoms with Crippen molar-refractivity contribution in [3.8, 4) is 5.75 Å². The van der Waals surface area contributed by atoms with E-state index in [-0.39, 0.29) is 5.97 Å². The first-order valence-electron chi connectivity index (χ1n) is 7.11. The molecule has 110 valence electrons. The van der Waals surface area contributed by atoms with Crippen molar-refractivity contribution in [1.82, 2.24) is 0 Å². The zero-order chi connectivity index (χ0) is 14.4. The summed E-state index contributed by atoms with van der Waals surface area (Å²) in [5.41, 5.74) is 1.18. The summed E-state index contributed by atoms with van der Waals surface area (Å²) in [5, 5.41) is 0. The van der Waals surface area contributed by atoms with E-state index in [2.05, 4.69) is 17.0 Å². The van der Waals surface area contributed by atoms with E-state index in [1.165, 1.54) is 10.6 Å². The molecule has 1 N–H and O–H groups in total. The molecule has 0 bridgehead atoms. The zero-order valence-corrected chi connectivity index (χ0v) is 12.2. The molecule has 0 aromatic heterocycles. The van der Waals surface area contributed by atoms with Crippen LogP contribution >= 0.6 is 0 Å². The highest BCUT2D eigenvalue weighted by Crippen LogP contribution is 2.20. The van der Waals surface area contributed by atoms with Crippen LogP contribution < -0.4 is 14.5 Å². The molecular formula is C15H23N2O3+. The SMILES string of the molecule is CCOC(=O)C[NH+]1CCN(c2cccc(OC)c2)CC1. The van der Waals surface area contributed by atoms with Gasteiger partial charge in [0.15, 0.2) is 6.54 Å². The van der Waals surface area contributed by atoms with Crippen LogP contribution in [0.4, 0.5) is 5.69 Å². The van der Waals surface area contributed by atoms with Gasteiger partial charge < -0.3 is 19.3 Å². The van der Waals surface area contributed by atoms with E-state index in [1.54, 1.807) is 7.11 Å². The lowest BCUT2D eigenvalue weighted by Crippen LogP contribution is -3.15. The largest absolute Gasteiger partial charge is 0.497 e. The van der Waals surface area contributed by atoms with Crippen molar-refractivity contribution < 1.29 is 19.2 Å². The van der Waals surface area contributed by atoms with Crippen molar-refractivity contribution in [2.75, 3.05) is 51.3 Å². The average Bonchev–Trinajstić information content (AvgIpc) is 2.48. The molecule has 0 saturated carbocycles. The third kappa shape index (κ3) is 3.87. The topological polar surface area (TPSA) is 43.2 Å². The number of nitrogens with zero attached hydrogens (tertiary/aromatic N) is 1. The van der Waals surface area contributed by atoms with Gasteiger partial charge in [0, 0.05) is 11.8 Å². The summed E-state index contributed by atoms with van der Waals surface area (Å²) >= 11 is 0. The molecule has 0 unspecified atom stereocenters. The molecule has 1 aromatic rings. The quantitative estimate of drug-likeness (QED) is 0.768. The third-order valence-electron chi connectivity index (χ3n) is 3.59. The number of esters is 1. The molecule has 1 aliphatic heterocycles. The Bertz CT molecular complexity index is 442. The molecule has 0 radical (unpaired) electrons. The number of hydrogen-bond acceptors (Lipinski definition) is 4. The predicted octanol–water partition coefficient (Wildman–Crippen LogP) is -0.0368. The van der Waals surface area contributed by atoms with E-state index in [0.29, 0.717) is 13.2 Å². The van der Waals surface area contributed by atoms with Crippen molar-refractivity contribution >= 4 is 11.7 Å². The number of ether oxygens (including phenoxy) is 2. The van der Waals surface area contributed by atoms with Gasteiger partial charge in [-0.05, 0) is 19.1 Å². The van der Waals surface area contributed by atoms with Crippen molar-refractivity contribution in [2.24, 2.45) is 0 Å². The molecule has 0 aliphatic carbocycles. The highest BCUT2D eigenvalue weighted by atomic mass is 16.5. The Morgan fingerprint density at radius 1 is 1.35 bits per heavy atom. The van der Waals surface area contributed by atoms with Gasteiger partial charge in [-0.3, -0.25) is 0 Å². The minimum atomic E-state index is -0.0997. The third-order valence-corrected chi connectivity index (χ3v) is 3.59. The Hall–Kier alpha value is -1.75. The van der Waals surface area contributed by atoms with Gasteiger partial charge in [0.2, 0.25) is 0 Å². The van der Waals surface area contributed by atoms with Crippen LogP contribution in [0.25, 0.3) is 0 Å². The molecule has 1 saturated heterocycles. The van der Waals surface area contributed by atoms with E-state index < -0.39 is 0 Å². The van der Waals surface area contributed by atoms with Crippen LogP contribution in [0.5, 0.6) is 5.75 Å². The summed E-state index contributed by atoms with van der Waals surface area (Å²) in [5.74, 6) is 0.779. The number of methoxy groups -OCH3 is 1. The van der Waals surface area contributed by atoms with Crippen molar-refractivity contribution in [2.45, 2.75) is 6.92 Å². The number of anilines is 1. The maximum atomic E-state index is 11.5. The first kappa shape index (κ1) is 14.7. The maximum absolute atomic E-state index is 11.5. The summed E-state index contributed by atoms with van der Waals surface area (Å²) in [6.07, 6.45) is 0. The summed E-state index contributed by atoms with van der Waals surface area (Å²) in [4.78, 5) is 15.1. The summed E-state index contributed by atoms with van der Waals surface area (Å²) in [6.45, 7) is 6.58. The van der Waals surface area contributed by atoms with Crippen LogP contribution in [0.3, 0.4) is 0 Å². The lowest BCUT2D eigenvalue weighted by atomic mass is 10.2. The Morgan fingerprint density at radius 2 is 2.10 bits per heavy atom. The lowest BCUT2D eigenvalue weighted by Gasteiger charge is -2.33. The number of carbonyl (C=O) groups excluding carboxylic acids is 1. The fraction of sp³-hybridized carbons (Fsp3) is 0.533. The molecular weight excluding hydrogens is 256 g/mol. The van der Waals surface area contributed by atoms with Gasteiger partial charge in [0.1, 0.15) is 5.75 Å². The minimum Gasteiger partial charge on any atom is -0.497 e. The normalized spacial score (nSPS) is 16.0. The maximum Gasteiger partial charge on any atom is 0.361 e. The Balaban J connectivity index is 1.86. The van der Waals surface area contributed by atoms with Crippen LogP contribution in [0.15, 0.2) is 24.3 Å². The summed E-state index contributed by atoms with van der Waals surface area (Å²) in [7, 11) is 1.68. The number of rotatable bonds is 5. The molecule has 20 heavy (non-hydrogen) atoms. The van der Waals surface area contributed by atoms with Gasteiger partial charge in [-0.25, -0.2) is 4.79 Å².